The van der Waals surface area contributed by atoms with Gasteiger partial charge in [-0.15, -0.1) is 0 Å². The van der Waals surface area contributed by atoms with Crippen molar-refractivity contribution in [3.8, 4) is 0 Å². The van der Waals surface area contributed by atoms with Crippen molar-refractivity contribution in [1.82, 2.24) is 9.97 Å². The Kier molecular flexibility index (Phi) is 3.16. The second-order valence-corrected chi connectivity index (χ2v) is 2.86. The maximum atomic E-state index is 11.0. The number of nitrogens with zero attached hydrogens (tertiary/aromatic N) is 2. The predicted octanol–water partition coefficient (Wildman–Crippen LogP) is 1.42. The van der Waals surface area contributed by atoms with E-state index in [0.29, 0.717) is 6.61 Å². The summed E-state index contributed by atoms with van der Waals surface area (Å²) in [4.78, 5) is 18.5. The third-order valence-corrected chi connectivity index (χ3v) is 1.49. The topological polar surface area (TPSA) is 52.1 Å². The van der Waals surface area contributed by atoms with E-state index in [0.717, 1.165) is 4.47 Å². The lowest BCUT2D eigenvalue weighted by Gasteiger charge is -1.98. The highest BCUT2D eigenvalue weighted by atomic mass is 79.9. The zero-order chi connectivity index (χ0) is 8.97. The van der Waals surface area contributed by atoms with Crippen molar-refractivity contribution >= 4 is 21.9 Å². The van der Waals surface area contributed by atoms with Gasteiger partial charge in [-0.3, -0.25) is 0 Å². The summed E-state index contributed by atoms with van der Waals surface area (Å²) in [6.07, 6.45) is 3.00. The number of carbonyl (C=O) groups excluding carboxylic acids is 1. The first-order chi connectivity index (χ1) is 5.74. The minimum atomic E-state index is -0.495. The molecule has 1 aromatic rings. The van der Waals surface area contributed by atoms with Gasteiger partial charge < -0.3 is 4.74 Å². The Morgan fingerprint density at radius 1 is 1.58 bits per heavy atom. The third-order valence-electron chi connectivity index (χ3n) is 1.08. The van der Waals surface area contributed by atoms with Crippen LogP contribution >= 0.6 is 15.9 Å². The molecule has 0 spiro atoms. The molecule has 0 unspecified atom stereocenters. The van der Waals surface area contributed by atoms with Crippen LogP contribution < -0.4 is 0 Å². The maximum absolute atomic E-state index is 11.0. The smallest absolute Gasteiger partial charge is 0.376 e. The molecule has 1 heterocycles. The molecular weight excluding hydrogens is 224 g/mol. The molecular formula is C7H7BrN2O2. The first kappa shape index (κ1) is 9.12. The number of esters is 1. The number of hydrogen-bond acceptors (Lipinski definition) is 4. The van der Waals surface area contributed by atoms with Crippen molar-refractivity contribution in [3.05, 3.63) is 22.7 Å². The average Bonchev–Trinajstić information content (AvgIpc) is 2.06. The molecule has 0 bridgehead atoms. The Balaban J connectivity index is 2.75. The van der Waals surface area contributed by atoms with E-state index in [4.69, 9.17) is 0 Å². The molecule has 0 radical (unpaired) electrons. The van der Waals surface area contributed by atoms with Crippen LogP contribution in [0.3, 0.4) is 0 Å². The number of aromatic nitrogens is 2. The summed E-state index contributed by atoms with van der Waals surface area (Å²) in [5, 5.41) is 0. The van der Waals surface area contributed by atoms with Gasteiger partial charge in [0.05, 0.1) is 11.1 Å². The quantitative estimate of drug-likeness (QED) is 0.722. The highest BCUT2D eigenvalue weighted by Crippen LogP contribution is 2.04. The molecule has 0 aliphatic heterocycles. The molecule has 0 aliphatic carbocycles. The molecule has 0 aliphatic rings. The van der Waals surface area contributed by atoms with E-state index >= 15 is 0 Å². The summed E-state index contributed by atoms with van der Waals surface area (Å²) in [7, 11) is 0. The molecule has 0 saturated heterocycles. The first-order valence-electron chi connectivity index (χ1n) is 3.38. The Bertz CT molecular complexity index is 273. The fourth-order valence-corrected chi connectivity index (χ4v) is 0.818. The molecule has 4 nitrogen and oxygen atoms in total. The zero-order valence-corrected chi connectivity index (χ0v) is 8.04. The Morgan fingerprint density at radius 3 is 2.67 bits per heavy atom. The van der Waals surface area contributed by atoms with Gasteiger partial charge in [-0.2, -0.15) is 0 Å². The third kappa shape index (κ3) is 2.27. The van der Waals surface area contributed by atoms with Crippen LogP contribution in [-0.2, 0) is 4.74 Å². The monoisotopic (exact) mass is 230 g/mol. The van der Waals surface area contributed by atoms with E-state index in [1.54, 1.807) is 6.92 Å². The number of ether oxygens (including phenoxy) is 1. The van der Waals surface area contributed by atoms with Gasteiger partial charge in [0, 0.05) is 12.4 Å². The highest BCUT2D eigenvalue weighted by molar-refractivity contribution is 9.10. The zero-order valence-electron chi connectivity index (χ0n) is 6.45. The fraction of sp³-hybridized carbons (Fsp3) is 0.286. The van der Waals surface area contributed by atoms with Crippen molar-refractivity contribution in [3.63, 3.8) is 0 Å². The van der Waals surface area contributed by atoms with Crippen molar-refractivity contribution in [1.29, 1.82) is 0 Å². The summed E-state index contributed by atoms with van der Waals surface area (Å²) in [6, 6.07) is 0. The van der Waals surface area contributed by atoms with Crippen LogP contribution in [0.2, 0.25) is 0 Å². The van der Waals surface area contributed by atoms with Crippen molar-refractivity contribution < 1.29 is 9.53 Å². The summed E-state index contributed by atoms with van der Waals surface area (Å²) < 4.78 is 5.42. The van der Waals surface area contributed by atoms with Crippen LogP contribution in [0.4, 0.5) is 0 Å². The van der Waals surface area contributed by atoms with Gasteiger partial charge in [0.2, 0.25) is 5.82 Å². The molecule has 0 aromatic carbocycles. The van der Waals surface area contributed by atoms with E-state index in [-0.39, 0.29) is 5.82 Å². The van der Waals surface area contributed by atoms with E-state index in [1.807, 2.05) is 0 Å². The molecule has 0 amide bonds. The lowest BCUT2D eigenvalue weighted by Crippen LogP contribution is -2.08. The Morgan fingerprint density at radius 2 is 2.17 bits per heavy atom. The first-order valence-corrected chi connectivity index (χ1v) is 4.18. The number of carbonyl (C=O) groups is 1. The van der Waals surface area contributed by atoms with Gasteiger partial charge in [0.25, 0.3) is 0 Å². The molecule has 5 heteroatoms. The van der Waals surface area contributed by atoms with Crippen LogP contribution in [0.1, 0.15) is 17.5 Å². The normalized spacial score (nSPS) is 9.50. The highest BCUT2D eigenvalue weighted by Gasteiger charge is 2.08. The second-order valence-electron chi connectivity index (χ2n) is 1.95. The van der Waals surface area contributed by atoms with E-state index < -0.39 is 5.97 Å². The minimum absolute atomic E-state index is 0.0834. The standard InChI is InChI=1S/C7H7BrN2O2/c1-2-12-7(11)6-9-3-5(8)4-10-6/h3-4H,2H2,1H3. The number of halogens is 1. The van der Waals surface area contributed by atoms with Crippen molar-refractivity contribution in [2.75, 3.05) is 6.61 Å². The molecule has 1 rings (SSSR count). The van der Waals surface area contributed by atoms with E-state index in [1.165, 1.54) is 12.4 Å². The van der Waals surface area contributed by atoms with Crippen molar-refractivity contribution in [2.24, 2.45) is 0 Å². The molecule has 0 fully saturated rings. The lowest BCUT2D eigenvalue weighted by molar-refractivity contribution is 0.0512. The van der Waals surface area contributed by atoms with Crippen LogP contribution in [0.15, 0.2) is 16.9 Å². The molecule has 64 valence electrons. The van der Waals surface area contributed by atoms with Crippen molar-refractivity contribution in [2.45, 2.75) is 6.92 Å². The second kappa shape index (κ2) is 4.15. The van der Waals surface area contributed by atoms with Gasteiger partial charge in [0.1, 0.15) is 0 Å². The molecule has 0 saturated carbocycles. The molecule has 12 heavy (non-hydrogen) atoms. The van der Waals surface area contributed by atoms with E-state index in [9.17, 15) is 4.79 Å². The minimum Gasteiger partial charge on any atom is -0.460 e. The summed E-state index contributed by atoms with van der Waals surface area (Å²) >= 11 is 3.16. The molecule has 0 atom stereocenters. The summed E-state index contributed by atoms with van der Waals surface area (Å²) in [5.41, 5.74) is 0. The van der Waals surface area contributed by atoms with Gasteiger partial charge in [-0.1, -0.05) is 0 Å². The Hall–Kier alpha value is -0.970. The van der Waals surface area contributed by atoms with Crippen LogP contribution in [-0.4, -0.2) is 22.5 Å². The summed E-state index contributed by atoms with van der Waals surface area (Å²) in [5.74, 6) is -0.412. The van der Waals surface area contributed by atoms with Crippen LogP contribution in [0.25, 0.3) is 0 Å². The predicted molar refractivity (Wildman–Crippen MR) is 45.7 cm³/mol. The van der Waals surface area contributed by atoms with Crippen LogP contribution in [0, 0.1) is 0 Å². The summed E-state index contributed by atoms with van der Waals surface area (Å²) in [6.45, 7) is 2.06. The van der Waals surface area contributed by atoms with E-state index in [2.05, 4.69) is 30.6 Å². The van der Waals surface area contributed by atoms with Crippen LogP contribution in [0.5, 0.6) is 0 Å². The SMILES string of the molecule is CCOC(=O)c1ncc(Br)cn1. The number of rotatable bonds is 2. The number of hydrogen-bond donors (Lipinski definition) is 0. The van der Waals surface area contributed by atoms with Gasteiger partial charge in [0.15, 0.2) is 0 Å². The van der Waals surface area contributed by atoms with Gasteiger partial charge in [-0.05, 0) is 22.9 Å². The molecule has 1 aromatic heterocycles. The van der Waals surface area contributed by atoms with Gasteiger partial charge in [-0.25, -0.2) is 14.8 Å². The lowest BCUT2D eigenvalue weighted by atomic mass is 10.5. The molecule has 0 N–H and O–H groups in total. The fourth-order valence-electron chi connectivity index (χ4n) is 0.613. The largest absolute Gasteiger partial charge is 0.460 e. The Labute approximate surface area is 78.1 Å². The maximum Gasteiger partial charge on any atom is 0.376 e. The van der Waals surface area contributed by atoms with Gasteiger partial charge >= 0.3 is 5.97 Å². The average molecular weight is 231 g/mol.